The van der Waals surface area contributed by atoms with Gasteiger partial charge in [-0.15, -0.1) is 0 Å². The lowest BCUT2D eigenvalue weighted by Crippen LogP contribution is -2.42. The van der Waals surface area contributed by atoms with Gasteiger partial charge in [-0.25, -0.2) is 0 Å². The Morgan fingerprint density at radius 3 is 2.66 bits per heavy atom. The van der Waals surface area contributed by atoms with Crippen molar-refractivity contribution in [3.8, 4) is 5.75 Å². The maximum atomic E-state index is 12.7. The van der Waals surface area contributed by atoms with Gasteiger partial charge >= 0.3 is 0 Å². The first-order valence-electron chi connectivity index (χ1n) is 9.81. The van der Waals surface area contributed by atoms with E-state index in [4.69, 9.17) is 9.47 Å². The van der Waals surface area contributed by atoms with Crippen molar-refractivity contribution >= 4 is 23.0 Å². The van der Waals surface area contributed by atoms with Gasteiger partial charge in [0.25, 0.3) is 0 Å². The van der Waals surface area contributed by atoms with Gasteiger partial charge in [0.15, 0.2) is 0 Å². The number of amides is 1. The number of aliphatic imine (C=N–C) groups is 1. The molecule has 1 aromatic heterocycles. The van der Waals surface area contributed by atoms with E-state index < -0.39 is 0 Å². The minimum absolute atomic E-state index is 0.121. The number of carbonyl (C=O) groups is 1. The summed E-state index contributed by atoms with van der Waals surface area (Å²) < 4.78 is 12.5. The van der Waals surface area contributed by atoms with Gasteiger partial charge in [0.1, 0.15) is 12.3 Å². The SMILES string of the molecule is COc1ccc(CN=Cc2cn(CC(=O)N3CCOCC3)c3ccccc23)cc1. The Hall–Kier alpha value is -3.12. The zero-order valence-electron chi connectivity index (χ0n) is 16.6. The topological polar surface area (TPSA) is 56.1 Å². The molecule has 29 heavy (non-hydrogen) atoms. The minimum atomic E-state index is 0.121. The average molecular weight is 391 g/mol. The van der Waals surface area contributed by atoms with Gasteiger partial charge in [0, 0.05) is 42.0 Å². The number of hydrogen-bond donors (Lipinski definition) is 0. The van der Waals surface area contributed by atoms with Gasteiger partial charge in [-0.2, -0.15) is 0 Å². The number of methoxy groups -OCH3 is 1. The highest BCUT2D eigenvalue weighted by Crippen LogP contribution is 2.21. The molecule has 0 atom stereocenters. The van der Waals surface area contributed by atoms with Crippen molar-refractivity contribution in [3.63, 3.8) is 0 Å². The number of benzene rings is 2. The molecule has 1 aliphatic rings. The van der Waals surface area contributed by atoms with Gasteiger partial charge in [-0.05, 0) is 23.8 Å². The molecule has 2 aromatic carbocycles. The number of hydrogen-bond acceptors (Lipinski definition) is 4. The third-order valence-corrected chi connectivity index (χ3v) is 5.15. The summed E-state index contributed by atoms with van der Waals surface area (Å²) in [5, 5.41) is 1.10. The summed E-state index contributed by atoms with van der Waals surface area (Å²) in [5.74, 6) is 0.960. The van der Waals surface area contributed by atoms with Crippen LogP contribution in [0.15, 0.2) is 59.7 Å². The van der Waals surface area contributed by atoms with Crippen LogP contribution in [0.3, 0.4) is 0 Å². The molecule has 0 aliphatic carbocycles. The summed E-state index contributed by atoms with van der Waals surface area (Å²) in [6.45, 7) is 3.47. The molecule has 0 N–H and O–H groups in total. The third kappa shape index (κ3) is 4.49. The number of aromatic nitrogens is 1. The predicted octanol–water partition coefficient (Wildman–Crippen LogP) is 3.13. The molecule has 1 saturated heterocycles. The number of fused-ring (bicyclic) bond motifs is 1. The Labute approximate surface area is 170 Å². The van der Waals surface area contributed by atoms with Crippen LogP contribution in [-0.4, -0.2) is 55.0 Å². The number of morpholine rings is 1. The van der Waals surface area contributed by atoms with Crippen molar-refractivity contribution in [1.82, 2.24) is 9.47 Å². The van der Waals surface area contributed by atoms with Crippen molar-refractivity contribution in [2.75, 3.05) is 33.4 Å². The molecule has 4 rings (SSSR count). The normalized spacial score (nSPS) is 14.6. The first-order valence-corrected chi connectivity index (χ1v) is 9.81. The third-order valence-electron chi connectivity index (χ3n) is 5.15. The summed E-state index contributed by atoms with van der Waals surface area (Å²) in [5.41, 5.74) is 3.18. The van der Waals surface area contributed by atoms with Crippen LogP contribution in [0, 0.1) is 0 Å². The molecule has 6 heteroatoms. The van der Waals surface area contributed by atoms with E-state index in [-0.39, 0.29) is 5.91 Å². The fraction of sp³-hybridized carbons (Fsp3) is 0.304. The highest BCUT2D eigenvalue weighted by molar-refractivity contribution is 6.00. The van der Waals surface area contributed by atoms with Crippen LogP contribution >= 0.6 is 0 Å². The molecular formula is C23H25N3O3. The summed E-state index contributed by atoms with van der Waals surface area (Å²) in [4.78, 5) is 19.2. The van der Waals surface area contributed by atoms with Gasteiger partial charge in [-0.1, -0.05) is 30.3 Å². The van der Waals surface area contributed by atoms with E-state index in [0.717, 1.165) is 27.8 Å². The van der Waals surface area contributed by atoms with Gasteiger partial charge in [0.2, 0.25) is 5.91 Å². The minimum Gasteiger partial charge on any atom is -0.497 e. The average Bonchev–Trinajstić information content (AvgIpc) is 3.12. The zero-order chi connectivity index (χ0) is 20.1. The standard InChI is InChI=1S/C23H25N3O3/c1-28-20-8-6-18(7-9-20)14-24-15-19-16-26(22-5-3-2-4-21(19)22)17-23(27)25-10-12-29-13-11-25/h2-9,15-16H,10-14,17H2,1H3. The van der Waals surface area contributed by atoms with Crippen LogP contribution < -0.4 is 4.74 Å². The molecule has 2 heterocycles. The molecule has 1 aliphatic heterocycles. The summed E-state index contributed by atoms with van der Waals surface area (Å²) in [7, 11) is 1.66. The smallest absolute Gasteiger partial charge is 0.242 e. The lowest BCUT2D eigenvalue weighted by atomic mass is 10.2. The molecular weight excluding hydrogens is 366 g/mol. The largest absolute Gasteiger partial charge is 0.497 e. The predicted molar refractivity (Wildman–Crippen MR) is 114 cm³/mol. The van der Waals surface area contributed by atoms with E-state index in [1.807, 2.05) is 64.3 Å². The molecule has 0 unspecified atom stereocenters. The van der Waals surface area contributed by atoms with Gasteiger partial charge in [-0.3, -0.25) is 9.79 Å². The van der Waals surface area contributed by atoms with Crippen molar-refractivity contribution in [3.05, 3.63) is 65.9 Å². The molecule has 150 valence electrons. The highest BCUT2D eigenvalue weighted by atomic mass is 16.5. The second kappa shape index (κ2) is 8.92. The number of nitrogens with zero attached hydrogens (tertiary/aromatic N) is 3. The Kier molecular flexibility index (Phi) is 5.91. The highest BCUT2D eigenvalue weighted by Gasteiger charge is 2.18. The Balaban J connectivity index is 1.51. The summed E-state index contributed by atoms with van der Waals surface area (Å²) >= 11 is 0. The summed E-state index contributed by atoms with van der Waals surface area (Å²) in [6, 6.07) is 16.0. The van der Waals surface area contributed by atoms with E-state index in [1.54, 1.807) is 7.11 Å². The van der Waals surface area contributed by atoms with E-state index >= 15 is 0 Å². The first kappa shape index (κ1) is 19.2. The lowest BCUT2D eigenvalue weighted by Gasteiger charge is -2.27. The van der Waals surface area contributed by atoms with Crippen molar-refractivity contribution in [1.29, 1.82) is 0 Å². The number of carbonyl (C=O) groups excluding carboxylic acids is 1. The number of ether oxygens (including phenoxy) is 2. The second-order valence-electron chi connectivity index (χ2n) is 7.04. The molecule has 0 spiro atoms. The fourth-order valence-electron chi connectivity index (χ4n) is 3.55. The molecule has 6 nitrogen and oxygen atoms in total. The summed E-state index contributed by atoms with van der Waals surface area (Å²) in [6.07, 6.45) is 3.91. The van der Waals surface area contributed by atoms with Gasteiger partial charge in [0.05, 0.1) is 26.9 Å². The van der Waals surface area contributed by atoms with Crippen LogP contribution in [0.25, 0.3) is 10.9 Å². The van der Waals surface area contributed by atoms with Crippen molar-refractivity contribution in [2.24, 2.45) is 4.99 Å². The van der Waals surface area contributed by atoms with Gasteiger partial charge < -0.3 is 18.9 Å². The van der Waals surface area contributed by atoms with E-state index in [2.05, 4.69) is 11.1 Å². The molecule has 1 amide bonds. The second-order valence-corrected chi connectivity index (χ2v) is 7.04. The number of rotatable bonds is 6. The van der Waals surface area contributed by atoms with E-state index in [0.29, 0.717) is 39.4 Å². The fourth-order valence-corrected chi connectivity index (χ4v) is 3.55. The van der Waals surface area contributed by atoms with Crippen LogP contribution in [0.2, 0.25) is 0 Å². The quantitative estimate of drug-likeness (QED) is 0.607. The van der Waals surface area contributed by atoms with E-state index in [9.17, 15) is 4.79 Å². The Morgan fingerprint density at radius 1 is 1.14 bits per heavy atom. The van der Waals surface area contributed by atoms with Crippen molar-refractivity contribution in [2.45, 2.75) is 13.1 Å². The molecule has 0 saturated carbocycles. The first-order chi connectivity index (χ1) is 14.2. The Morgan fingerprint density at radius 2 is 1.90 bits per heavy atom. The van der Waals surface area contributed by atoms with Crippen molar-refractivity contribution < 1.29 is 14.3 Å². The lowest BCUT2D eigenvalue weighted by molar-refractivity contribution is -0.135. The molecule has 1 fully saturated rings. The van der Waals surface area contributed by atoms with Crippen LogP contribution in [0.4, 0.5) is 0 Å². The number of para-hydroxylation sites is 1. The zero-order valence-corrected chi connectivity index (χ0v) is 16.6. The van der Waals surface area contributed by atoms with Crippen LogP contribution in [0.5, 0.6) is 5.75 Å². The maximum absolute atomic E-state index is 12.7. The molecule has 0 radical (unpaired) electrons. The maximum Gasteiger partial charge on any atom is 0.242 e. The molecule has 3 aromatic rings. The van der Waals surface area contributed by atoms with Crippen LogP contribution in [0.1, 0.15) is 11.1 Å². The van der Waals surface area contributed by atoms with Crippen LogP contribution in [-0.2, 0) is 22.6 Å². The monoisotopic (exact) mass is 391 g/mol. The Bertz CT molecular complexity index is 1000. The molecule has 0 bridgehead atoms. The van der Waals surface area contributed by atoms with E-state index in [1.165, 1.54) is 0 Å².